The van der Waals surface area contributed by atoms with Gasteiger partial charge in [0.25, 0.3) is 0 Å². The minimum atomic E-state index is -0.811. The molecule has 0 radical (unpaired) electrons. The van der Waals surface area contributed by atoms with E-state index in [1.54, 1.807) is 4.90 Å². The highest BCUT2D eigenvalue weighted by Gasteiger charge is 2.40. The molecule has 3 aliphatic rings. The minimum Gasteiger partial charge on any atom is -0.465 e. The number of benzene rings is 1. The molecule has 5 rings (SSSR count). The van der Waals surface area contributed by atoms with E-state index in [0.29, 0.717) is 30.9 Å². The maximum atomic E-state index is 11.4. The monoisotopic (exact) mass is 379 g/mol. The first kappa shape index (κ1) is 17.3. The Morgan fingerprint density at radius 3 is 2.79 bits per heavy atom. The van der Waals surface area contributed by atoms with Crippen molar-refractivity contribution in [2.24, 2.45) is 11.8 Å². The summed E-state index contributed by atoms with van der Waals surface area (Å²) in [5.74, 6) is 2.14. The Morgan fingerprint density at radius 1 is 1.11 bits per heavy atom. The SMILES string of the molecule is Nc1nc2c(c(N3CC4CCN(C(=O)O)CC4C3)n1)CCCc1ccccc1-2. The standard InChI is InChI=1S/C21H25N5O2/c22-20-23-18-16-6-2-1-4-13(16)5-3-7-17(18)19(24-20)26-10-14-8-9-25(21(27)28)11-15(14)12-26/h1-2,4,6,14-15H,3,5,7-12H2,(H,27,28)(H2,22,23,24). The maximum Gasteiger partial charge on any atom is 0.407 e. The molecule has 2 aromatic rings. The molecule has 28 heavy (non-hydrogen) atoms. The number of anilines is 2. The highest BCUT2D eigenvalue weighted by atomic mass is 16.4. The summed E-state index contributed by atoms with van der Waals surface area (Å²) in [6, 6.07) is 8.43. The molecule has 1 aromatic heterocycles. The molecule has 2 unspecified atom stereocenters. The lowest BCUT2D eigenvalue weighted by Crippen LogP contribution is -2.42. The van der Waals surface area contributed by atoms with Crippen LogP contribution in [0.2, 0.25) is 0 Å². The molecule has 2 aliphatic heterocycles. The third-order valence-electron chi connectivity index (χ3n) is 6.52. The third kappa shape index (κ3) is 2.85. The highest BCUT2D eigenvalue weighted by Crippen LogP contribution is 2.39. The van der Waals surface area contributed by atoms with Gasteiger partial charge in [0, 0.05) is 37.3 Å². The first-order valence-corrected chi connectivity index (χ1v) is 10.1. The molecule has 3 N–H and O–H groups in total. The van der Waals surface area contributed by atoms with E-state index in [9.17, 15) is 9.90 Å². The van der Waals surface area contributed by atoms with Gasteiger partial charge in [0.1, 0.15) is 5.82 Å². The van der Waals surface area contributed by atoms with Gasteiger partial charge in [0.2, 0.25) is 5.95 Å². The number of nitrogens with zero attached hydrogens (tertiary/aromatic N) is 4. The molecule has 1 aliphatic carbocycles. The molecule has 2 fully saturated rings. The number of carbonyl (C=O) groups is 1. The number of nitrogens with two attached hydrogens (primary N) is 1. The van der Waals surface area contributed by atoms with Crippen LogP contribution < -0.4 is 10.6 Å². The van der Waals surface area contributed by atoms with Gasteiger partial charge in [-0.3, -0.25) is 0 Å². The normalized spacial score (nSPS) is 23.6. The molecule has 1 aromatic carbocycles. The molecular weight excluding hydrogens is 354 g/mol. The van der Waals surface area contributed by atoms with E-state index >= 15 is 0 Å². The van der Waals surface area contributed by atoms with Crippen molar-refractivity contribution in [3.63, 3.8) is 0 Å². The summed E-state index contributed by atoms with van der Waals surface area (Å²) in [5.41, 5.74) is 10.8. The van der Waals surface area contributed by atoms with Gasteiger partial charge >= 0.3 is 6.09 Å². The number of carboxylic acid groups (broad SMARTS) is 1. The van der Waals surface area contributed by atoms with Crippen molar-refractivity contribution in [3.05, 3.63) is 35.4 Å². The van der Waals surface area contributed by atoms with Gasteiger partial charge in [0.05, 0.1) is 5.69 Å². The zero-order valence-corrected chi connectivity index (χ0v) is 15.8. The van der Waals surface area contributed by atoms with Crippen molar-refractivity contribution in [2.75, 3.05) is 36.8 Å². The number of rotatable bonds is 1. The number of fused-ring (bicyclic) bond motifs is 4. The van der Waals surface area contributed by atoms with E-state index in [1.807, 2.05) is 0 Å². The van der Waals surface area contributed by atoms with E-state index < -0.39 is 6.09 Å². The number of aryl methyl sites for hydroxylation is 1. The van der Waals surface area contributed by atoms with Crippen LogP contribution in [0.1, 0.15) is 24.0 Å². The maximum absolute atomic E-state index is 11.4. The molecule has 7 heteroatoms. The number of piperidine rings is 1. The highest BCUT2D eigenvalue weighted by molar-refractivity contribution is 5.74. The van der Waals surface area contributed by atoms with Gasteiger partial charge < -0.3 is 20.6 Å². The van der Waals surface area contributed by atoms with Gasteiger partial charge in [-0.1, -0.05) is 24.3 Å². The summed E-state index contributed by atoms with van der Waals surface area (Å²) >= 11 is 0. The van der Waals surface area contributed by atoms with Gasteiger partial charge in [-0.2, -0.15) is 4.98 Å². The summed E-state index contributed by atoms with van der Waals surface area (Å²) in [6.07, 6.45) is 3.14. The largest absolute Gasteiger partial charge is 0.465 e. The van der Waals surface area contributed by atoms with Crippen molar-refractivity contribution in [3.8, 4) is 11.3 Å². The zero-order valence-electron chi connectivity index (χ0n) is 15.8. The molecule has 1 amide bonds. The van der Waals surface area contributed by atoms with Crippen molar-refractivity contribution in [1.82, 2.24) is 14.9 Å². The number of amides is 1. The average molecular weight is 379 g/mol. The summed E-state index contributed by atoms with van der Waals surface area (Å²) in [7, 11) is 0. The molecule has 2 saturated heterocycles. The first-order valence-electron chi connectivity index (χ1n) is 10.1. The smallest absolute Gasteiger partial charge is 0.407 e. The molecule has 0 bridgehead atoms. The number of hydrogen-bond donors (Lipinski definition) is 2. The summed E-state index contributed by atoms with van der Waals surface area (Å²) < 4.78 is 0. The number of likely N-dealkylation sites (tertiary alicyclic amines) is 1. The number of aromatic nitrogens is 2. The van der Waals surface area contributed by atoms with Crippen LogP contribution in [0.3, 0.4) is 0 Å². The van der Waals surface area contributed by atoms with Gasteiger partial charge in [-0.05, 0) is 43.1 Å². The molecule has 2 atom stereocenters. The van der Waals surface area contributed by atoms with Crippen LogP contribution in [0, 0.1) is 11.8 Å². The van der Waals surface area contributed by atoms with Crippen molar-refractivity contribution in [2.45, 2.75) is 25.7 Å². The van der Waals surface area contributed by atoms with Crippen LogP contribution in [0.5, 0.6) is 0 Å². The van der Waals surface area contributed by atoms with Crippen molar-refractivity contribution < 1.29 is 9.90 Å². The predicted molar refractivity (Wildman–Crippen MR) is 107 cm³/mol. The van der Waals surface area contributed by atoms with Crippen molar-refractivity contribution in [1.29, 1.82) is 0 Å². The van der Waals surface area contributed by atoms with Crippen LogP contribution in [-0.4, -0.2) is 52.2 Å². The molecular formula is C21H25N5O2. The van der Waals surface area contributed by atoms with E-state index in [-0.39, 0.29) is 0 Å². The van der Waals surface area contributed by atoms with E-state index in [2.05, 4.69) is 39.1 Å². The Hall–Kier alpha value is -2.83. The Kier molecular flexibility index (Phi) is 4.10. The Labute approximate surface area is 164 Å². The Balaban J connectivity index is 1.51. The lowest BCUT2D eigenvalue weighted by atomic mass is 9.89. The molecule has 3 heterocycles. The van der Waals surface area contributed by atoms with Crippen LogP contribution in [0.25, 0.3) is 11.3 Å². The summed E-state index contributed by atoms with van der Waals surface area (Å²) in [5, 5.41) is 9.34. The van der Waals surface area contributed by atoms with Crippen molar-refractivity contribution >= 4 is 17.9 Å². The second-order valence-electron chi connectivity index (χ2n) is 8.19. The van der Waals surface area contributed by atoms with E-state index in [0.717, 1.165) is 50.3 Å². The quantitative estimate of drug-likeness (QED) is 0.791. The molecule has 0 saturated carbocycles. The average Bonchev–Trinajstić information content (AvgIpc) is 3.03. The van der Waals surface area contributed by atoms with Crippen LogP contribution in [0.15, 0.2) is 24.3 Å². The fourth-order valence-electron chi connectivity index (χ4n) is 5.14. The predicted octanol–water partition coefficient (Wildman–Crippen LogP) is 2.65. The van der Waals surface area contributed by atoms with Gasteiger partial charge in [0.15, 0.2) is 0 Å². The topological polar surface area (TPSA) is 95.6 Å². The summed E-state index contributed by atoms with van der Waals surface area (Å²) in [6.45, 7) is 2.99. The van der Waals surface area contributed by atoms with Gasteiger partial charge in [-0.15, -0.1) is 0 Å². The Bertz CT molecular complexity index is 931. The lowest BCUT2D eigenvalue weighted by molar-refractivity contribution is 0.110. The molecule has 0 spiro atoms. The van der Waals surface area contributed by atoms with Gasteiger partial charge in [-0.25, -0.2) is 9.78 Å². The summed E-state index contributed by atoms with van der Waals surface area (Å²) in [4.78, 5) is 24.5. The van der Waals surface area contributed by atoms with E-state index in [4.69, 9.17) is 5.73 Å². The molecule has 146 valence electrons. The van der Waals surface area contributed by atoms with Crippen LogP contribution in [0.4, 0.5) is 16.6 Å². The first-order chi connectivity index (χ1) is 13.6. The third-order valence-corrected chi connectivity index (χ3v) is 6.52. The Morgan fingerprint density at radius 2 is 1.93 bits per heavy atom. The zero-order chi connectivity index (χ0) is 19.3. The minimum absolute atomic E-state index is 0.312. The number of nitrogen functional groups attached to an aromatic ring is 1. The number of hydrogen-bond acceptors (Lipinski definition) is 5. The van der Waals surface area contributed by atoms with Crippen LogP contribution in [-0.2, 0) is 12.8 Å². The second kappa shape index (κ2) is 6.65. The molecule has 7 nitrogen and oxygen atoms in total. The van der Waals surface area contributed by atoms with E-state index in [1.165, 1.54) is 16.7 Å². The lowest BCUT2D eigenvalue weighted by Gasteiger charge is -2.32. The second-order valence-corrected chi connectivity index (χ2v) is 8.19. The van der Waals surface area contributed by atoms with Crippen LogP contribution >= 0.6 is 0 Å². The fourth-order valence-corrected chi connectivity index (χ4v) is 5.14. The fraction of sp³-hybridized carbons (Fsp3) is 0.476.